The average Bonchev–Trinajstić information content (AvgIpc) is 2.91. The van der Waals surface area contributed by atoms with Crippen molar-refractivity contribution in [1.82, 2.24) is 4.40 Å². The molecule has 110 valence electrons. The van der Waals surface area contributed by atoms with Crippen molar-refractivity contribution in [2.75, 3.05) is 0 Å². The highest BCUT2D eigenvalue weighted by Gasteiger charge is 2.20. The van der Waals surface area contributed by atoms with Crippen molar-refractivity contribution >= 4 is 46.0 Å². The van der Waals surface area contributed by atoms with Gasteiger partial charge in [-0.2, -0.15) is 0 Å². The van der Waals surface area contributed by atoms with Crippen LogP contribution in [0.5, 0.6) is 0 Å². The van der Waals surface area contributed by atoms with Crippen molar-refractivity contribution in [3.05, 3.63) is 65.7 Å². The Morgan fingerprint density at radius 1 is 0.957 bits per heavy atom. The molecule has 1 aliphatic carbocycles. The first kappa shape index (κ1) is 12.9. The summed E-state index contributed by atoms with van der Waals surface area (Å²) < 4.78 is 2.30. The van der Waals surface area contributed by atoms with Gasteiger partial charge in [-0.3, -0.25) is 0 Å². The van der Waals surface area contributed by atoms with E-state index in [1.54, 1.807) is 6.07 Å². The molecule has 1 aliphatic rings. The standard InChI is InChI=1S/C19H14BNO2/c22-20(23)14-8-9-18-16(11-14)15-6-3-5-13-10-12-4-1-2-7-17(12)21(18)19(13)15/h1-5,7-11,22-23H,6H2. The summed E-state index contributed by atoms with van der Waals surface area (Å²) in [6.07, 6.45) is 5.21. The van der Waals surface area contributed by atoms with E-state index in [1.807, 2.05) is 12.1 Å². The Kier molecular flexibility index (Phi) is 2.52. The monoisotopic (exact) mass is 299 g/mol. The molecule has 0 spiro atoms. The Hall–Kier alpha value is -2.56. The van der Waals surface area contributed by atoms with E-state index >= 15 is 0 Å². The highest BCUT2D eigenvalue weighted by molar-refractivity contribution is 6.59. The first-order valence-electron chi connectivity index (χ1n) is 7.75. The SMILES string of the molecule is OB(O)c1ccc2c(c1)c1c3c(cc4ccccc4n32)C=CC1. The Balaban J connectivity index is 2.06. The summed E-state index contributed by atoms with van der Waals surface area (Å²) in [7, 11) is -1.44. The van der Waals surface area contributed by atoms with E-state index in [4.69, 9.17) is 0 Å². The number of hydrogen-bond donors (Lipinski definition) is 2. The molecule has 0 saturated carbocycles. The minimum absolute atomic E-state index is 0.532. The first-order chi connectivity index (χ1) is 11.2. The van der Waals surface area contributed by atoms with Crippen molar-refractivity contribution in [1.29, 1.82) is 0 Å². The molecule has 4 heteroatoms. The molecule has 2 heterocycles. The van der Waals surface area contributed by atoms with Crippen LogP contribution in [0, 0.1) is 0 Å². The third-order valence-corrected chi connectivity index (χ3v) is 4.78. The molecule has 0 saturated heterocycles. The van der Waals surface area contributed by atoms with Gasteiger partial charge in [-0.1, -0.05) is 42.5 Å². The predicted octanol–water partition coefficient (Wildman–Crippen LogP) is 2.49. The number of hydrogen-bond acceptors (Lipinski definition) is 2. The van der Waals surface area contributed by atoms with Crippen LogP contribution in [0.3, 0.4) is 0 Å². The number of allylic oxidation sites excluding steroid dienone is 1. The number of rotatable bonds is 1. The van der Waals surface area contributed by atoms with Gasteiger partial charge in [0.1, 0.15) is 0 Å². The average molecular weight is 299 g/mol. The summed E-state index contributed by atoms with van der Waals surface area (Å²) in [6, 6.07) is 16.3. The van der Waals surface area contributed by atoms with E-state index in [9.17, 15) is 10.0 Å². The van der Waals surface area contributed by atoms with Gasteiger partial charge >= 0.3 is 7.12 Å². The molecule has 23 heavy (non-hydrogen) atoms. The molecule has 0 bridgehead atoms. The van der Waals surface area contributed by atoms with Crippen LogP contribution < -0.4 is 5.46 Å². The van der Waals surface area contributed by atoms with Gasteiger partial charge in [0.15, 0.2) is 0 Å². The molecule has 2 N–H and O–H groups in total. The number of fused-ring (bicyclic) bond motifs is 5. The van der Waals surface area contributed by atoms with Crippen molar-refractivity contribution < 1.29 is 10.0 Å². The summed E-state index contributed by atoms with van der Waals surface area (Å²) in [5.41, 5.74) is 6.52. The molecule has 0 radical (unpaired) electrons. The molecule has 0 unspecified atom stereocenters. The highest BCUT2D eigenvalue weighted by Crippen LogP contribution is 2.35. The van der Waals surface area contributed by atoms with Gasteiger partial charge in [0.25, 0.3) is 0 Å². The van der Waals surface area contributed by atoms with Gasteiger partial charge < -0.3 is 14.4 Å². The maximum atomic E-state index is 9.50. The second kappa shape index (κ2) is 4.48. The van der Waals surface area contributed by atoms with Gasteiger partial charge in [0.2, 0.25) is 0 Å². The molecule has 0 amide bonds. The van der Waals surface area contributed by atoms with Gasteiger partial charge in [-0.15, -0.1) is 0 Å². The van der Waals surface area contributed by atoms with Crippen LogP contribution in [0.25, 0.3) is 33.4 Å². The summed E-state index contributed by atoms with van der Waals surface area (Å²) in [6.45, 7) is 0. The maximum absolute atomic E-state index is 9.50. The Bertz CT molecular complexity index is 1120. The number of benzene rings is 2. The second-order valence-electron chi connectivity index (χ2n) is 6.08. The molecule has 0 aliphatic heterocycles. The van der Waals surface area contributed by atoms with Crippen molar-refractivity contribution in [3.8, 4) is 0 Å². The molecular weight excluding hydrogens is 285 g/mol. The fourth-order valence-electron chi connectivity index (χ4n) is 3.77. The van der Waals surface area contributed by atoms with Crippen LogP contribution in [-0.2, 0) is 6.42 Å². The van der Waals surface area contributed by atoms with Crippen LogP contribution >= 0.6 is 0 Å². The smallest absolute Gasteiger partial charge is 0.423 e. The first-order valence-corrected chi connectivity index (χ1v) is 7.75. The van der Waals surface area contributed by atoms with Crippen LogP contribution in [0.4, 0.5) is 0 Å². The number of para-hydroxylation sites is 1. The third kappa shape index (κ3) is 1.67. The topological polar surface area (TPSA) is 44.9 Å². The molecule has 0 atom stereocenters. The van der Waals surface area contributed by atoms with Crippen LogP contribution in [-0.4, -0.2) is 21.6 Å². The summed E-state index contributed by atoms with van der Waals surface area (Å²) >= 11 is 0. The zero-order chi connectivity index (χ0) is 15.6. The molecule has 2 aromatic carbocycles. The fourth-order valence-corrected chi connectivity index (χ4v) is 3.77. The van der Waals surface area contributed by atoms with Crippen molar-refractivity contribution in [2.45, 2.75) is 6.42 Å². The quantitative estimate of drug-likeness (QED) is 0.530. The van der Waals surface area contributed by atoms with E-state index in [1.165, 1.54) is 27.5 Å². The van der Waals surface area contributed by atoms with Crippen LogP contribution in [0.2, 0.25) is 0 Å². The maximum Gasteiger partial charge on any atom is 0.488 e. The minimum Gasteiger partial charge on any atom is -0.423 e. The molecule has 3 nitrogen and oxygen atoms in total. The Morgan fingerprint density at radius 2 is 1.83 bits per heavy atom. The summed E-state index contributed by atoms with van der Waals surface area (Å²) in [5.74, 6) is 0. The Morgan fingerprint density at radius 3 is 2.70 bits per heavy atom. The fraction of sp³-hybridized carbons (Fsp3) is 0.0526. The van der Waals surface area contributed by atoms with E-state index in [0.29, 0.717) is 5.46 Å². The second-order valence-corrected chi connectivity index (χ2v) is 6.08. The van der Waals surface area contributed by atoms with Crippen molar-refractivity contribution in [3.63, 3.8) is 0 Å². The van der Waals surface area contributed by atoms with E-state index < -0.39 is 7.12 Å². The minimum atomic E-state index is -1.44. The third-order valence-electron chi connectivity index (χ3n) is 4.78. The largest absolute Gasteiger partial charge is 0.488 e. The van der Waals surface area contributed by atoms with E-state index in [-0.39, 0.29) is 0 Å². The lowest BCUT2D eigenvalue weighted by Crippen LogP contribution is -2.29. The van der Waals surface area contributed by atoms with Gasteiger partial charge in [-0.05, 0) is 46.6 Å². The zero-order valence-corrected chi connectivity index (χ0v) is 12.4. The number of pyridine rings is 1. The van der Waals surface area contributed by atoms with Crippen LogP contribution in [0.1, 0.15) is 11.1 Å². The molecule has 4 aromatic rings. The van der Waals surface area contributed by atoms with E-state index in [2.05, 4.69) is 46.9 Å². The number of nitrogens with zero attached hydrogens (tertiary/aromatic N) is 1. The molecular formula is C19H14BNO2. The Labute approximate surface area is 133 Å². The van der Waals surface area contributed by atoms with E-state index in [0.717, 1.165) is 17.3 Å². The number of aromatic nitrogens is 1. The molecule has 0 fully saturated rings. The lowest BCUT2D eigenvalue weighted by atomic mass is 9.79. The zero-order valence-electron chi connectivity index (χ0n) is 12.4. The normalized spacial score (nSPS) is 13.3. The van der Waals surface area contributed by atoms with Gasteiger partial charge in [0.05, 0.1) is 16.6 Å². The molecule has 5 rings (SSSR count). The van der Waals surface area contributed by atoms with Crippen LogP contribution in [0.15, 0.2) is 54.6 Å². The predicted molar refractivity (Wildman–Crippen MR) is 95.0 cm³/mol. The lowest BCUT2D eigenvalue weighted by molar-refractivity contribution is 0.426. The molecule has 2 aromatic heterocycles. The summed E-state index contributed by atoms with van der Waals surface area (Å²) in [5, 5.41) is 21.3. The lowest BCUT2D eigenvalue weighted by Gasteiger charge is -2.11. The summed E-state index contributed by atoms with van der Waals surface area (Å²) in [4.78, 5) is 0. The van der Waals surface area contributed by atoms with Gasteiger partial charge in [0, 0.05) is 5.39 Å². The van der Waals surface area contributed by atoms with Gasteiger partial charge in [-0.25, -0.2) is 0 Å². The van der Waals surface area contributed by atoms with Crippen molar-refractivity contribution in [2.24, 2.45) is 0 Å². The highest BCUT2D eigenvalue weighted by atomic mass is 16.4.